The maximum atomic E-state index is 13.0. The molecule has 0 aliphatic rings. The van der Waals surface area contributed by atoms with Crippen LogP contribution in [0.15, 0.2) is 30.3 Å². The van der Waals surface area contributed by atoms with E-state index in [4.69, 9.17) is 0 Å². The second-order valence-corrected chi connectivity index (χ2v) is 9.72. The van der Waals surface area contributed by atoms with Crippen LogP contribution in [0.2, 0.25) is 0 Å². The third-order valence-electron chi connectivity index (χ3n) is 6.62. The first-order chi connectivity index (χ1) is 16.2. The Balaban J connectivity index is 2.36. The number of hydrogen-bond acceptors (Lipinski definition) is 2. The summed E-state index contributed by atoms with van der Waals surface area (Å²) in [7, 11) is 0. The molecule has 0 radical (unpaired) electrons. The summed E-state index contributed by atoms with van der Waals surface area (Å²) < 4.78 is 0. The van der Waals surface area contributed by atoms with Crippen molar-refractivity contribution < 1.29 is 9.59 Å². The molecule has 0 aliphatic heterocycles. The van der Waals surface area contributed by atoms with Gasteiger partial charge in [0.1, 0.15) is 5.78 Å². The number of anilines is 1. The minimum Gasteiger partial charge on any atom is -0.325 e. The number of Topliss-reactive ketones (excluding diaryl/α,β-unsaturated/α-hetero) is 1. The SMILES string of the molecule is CCCCCCCCCCCC(=O)[C@@H](CCCCCCCCCC)C(=O)Nc1ccccc1. The molecular weight excluding hydrogens is 406 g/mol. The van der Waals surface area contributed by atoms with Gasteiger partial charge in [-0.25, -0.2) is 0 Å². The van der Waals surface area contributed by atoms with E-state index < -0.39 is 5.92 Å². The highest BCUT2D eigenvalue weighted by Crippen LogP contribution is 2.20. The summed E-state index contributed by atoms with van der Waals surface area (Å²) in [6, 6.07) is 9.52. The first-order valence-electron chi connectivity index (χ1n) is 14.1. The lowest BCUT2D eigenvalue weighted by molar-refractivity contribution is -0.131. The summed E-state index contributed by atoms with van der Waals surface area (Å²) in [4.78, 5) is 25.9. The van der Waals surface area contributed by atoms with Gasteiger partial charge in [0.25, 0.3) is 0 Å². The number of amides is 1. The molecule has 0 heterocycles. The van der Waals surface area contributed by atoms with Gasteiger partial charge in [-0.05, 0) is 25.0 Å². The quantitative estimate of drug-likeness (QED) is 0.139. The molecule has 0 aliphatic carbocycles. The number of ketones is 1. The Bertz CT molecular complexity index is 599. The van der Waals surface area contributed by atoms with Crippen molar-refractivity contribution in [1.82, 2.24) is 0 Å². The van der Waals surface area contributed by atoms with Gasteiger partial charge in [0, 0.05) is 12.1 Å². The fourth-order valence-electron chi connectivity index (χ4n) is 4.46. The van der Waals surface area contributed by atoms with Crippen molar-refractivity contribution in [3.63, 3.8) is 0 Å². The van der Waals surface area contributed by atoms with Crippen molar-refractivity contribution in [3.8, 4) is 0 Å². The first-order valence-corrected chi connectivity index (χ1v) is 14.1. The van der Waals surface area contributed by atoms with Crippen LogP contribution in [-0.4, -0.2) is 11.7 Å². The highest BCUT2D eigenvalue weighted by Gasteiger charge is 2.25. The van der Waals surface area contributed by atoms with E-state index in [1.165, 1.54) is 83.5 Å². The van der Waals surface area contributed by atoms with Crippen LogP contribution in [-0.2, 0) is 9.59 Å². The summed E-state index contributed by atoms with van der Waals surface area (Å²) in [6.07, 6.45) is 22.2. The number of unbranched alkanes of at least 4 members (excludes halogenated alkanes) is 15. The second-order valence-electron chi connectivity index (χ2n) is 9.72. The van der Waals surface area contributed by atoms with Crippen molar-refractivity contribution >= 4 is 17.4 Å². The van der Waals surface area contributed by atoms with Gasteiger partial charge >= 0.3 is 0 Å². The number of rotatable bonds is 22. The van der Waals surface area contributed by atoms with E-state index in [1.807, 2.05) is 30.3 Å². The molecule has 188 valence electrons. The highest BCUT2D eigenvalue weighted by molar-refractivity contribution is 6.07. The average molecular weight is 458 g/mol. The number of benzene rings is 1. The molecule has 1 aromatic carbocycles. The van der Waals surface area contributed by atoms with Crippen LogP contribution in [0.4, 0.5) is 5.69 Å². The number of para-hydroxylation sites is 1. The smallest absolute Gasteiger partial charge is 0.234 e. The van der Waals surface area contributed by atoms with Gasteiger partial charge in [-0.1, -0.05) is 135 Å². The molecule has 1 amide bonds. The van der Waals surface area contributed by atoms with Crippen molar-refractivity contribution in [2.75, 3.05) is 5.32 Å². The van der Waals surface area contributed by atoms with Crippen molar-refractivity contribution in [2.45, 2.75) is 136 Å². The zero-order chi connectivity index (χ0) is 24.0. The van der Waals surface area contributed by atoms with E-state index in [0.29, 0.717) is 12.8 Å². The van der Waals surface area contributed by atoms with E-state index in [2.05, 4.69) is 19.2 Å². The van der Waals surface area contributed by atoms with E-state index in [-0.39, 0.29) is 11.7 Å². The predicted octanol–water partition coefficient (Wildman–Crippen LogP) is 9.26. The summed E-state index contributed by atoms with van der Waals surface area (Å²) in [5.74, 6) is -0.487. The summed E-state index contributed by atoms with van der Waals surface area (Å²) in [5, 5.41) is 2.97. The topological polar surface area (TPSA) is 46.2 Å². The third-order valence-corrected chi connectivity index (χ3v) is 6.62. The molecule has 0 saturated heterocycles. The van der Waals surface area contributed by atoms with Crippen LogP contribution in [0.5, 0.6) is 0 Å². The molecule has 0 spiro atoms. The van der Waals surface area contributed by atoms with Crippen LogP contribution >= 0.6 is 0 Å². The van der Waals surface area contributed by atoms with Crippen LogP contribution in [0.1, 0.15) is 136 Å². The van der Waals surface area contributed by atoms with E-state index in [9.17, 15) is 9.59 Å². The molecule has 0 unspecified atom stereocenters. The standard InChI is InChI=1S/C30H51NO2/c1-3-5-7-9-11-13-15-17-22-26-29(32)28(25-21-16-14-12-10-8-6-4-2)30(33)31-27-23-19-18-20-24-27/h18-20,23-24,28H,3-17,21-22,25-26H2,1-2H3,(H,31,33)/t28-/m1/s1. The monoisotopic (exact) mass is 457 g/mol. The predicted molar refractivity (Wildman–Crippen MR) is 143 cm³/mol. The Hall–Kier alpha value is -1.64. The molecule has 3 nitrogen and oxygen atoms in total. The zero-order valence-corrected chi connectivity index (χ0v) is 21.7. The van der Waals surface area contributed by atoms with Gasteiger partial charge in [-0.15, -0.1) is 0 Å². The van der Waals surface area contributed by atoms with Crippen molar-refractivity contribution in [3.05, 3.63) is 30.3 Å². The summed E-state index contributed by atoms with van der Waals surface area (Å²) in [5.41, 5.74) is 0.777. The largest absolute Gasteiger partial charge is 0.325 e. The number of carbonyl (C=O) groups is 2. The Morgan fingerprint density at radius 3 is 1.61 bits per heavy atom. The van der Waals surface area contributed by atoms with E-state index in [1.54, 1.807) is 0 Å². The van der Waals surface area contributed by atoms with Gasteiger partial charge in [0.05, 0.1) is 5.92 Å². The molecule has 1 rings (SSSR count). The highest BCUT2D eigenvalue weighted by atomic mass is 16.2. The molecule has 1 atom stereocenters. The average Bonchev–Trinajstić information content (AvgIpc) is 2.82. The molecule has 0 aromatic heterocycles. The number of hydrogen-bond donors (Lipinski definition) is 1. The van der Waals surface area contributed by atoms with Crippen LogP contribution in [0.25, 0.3) is 0 Å². The van der Waals surface area contributed by atoms with Gasteiger partial charge in [-0.3, -0.25) is 9.59 Å². The Kier molecular flexibility index (Phi) is 18.6. The minimum absolute atomic E-state index is 0.120. The molecule has 33 heavy (non-hydrogen) atoms. The zero-order valence-electron chi connectivity index (χ0n) is 21.7. The molecule has 1 N–H and O–H groups in total. The second kappa shape index (κ2) is 20.9. The lowest BCUT2D eigenvalue weighted by Crippen LogP contribution is -2.29. The maximum Gasteiger partial charge on any atom is 0.234 e. The summed E-state index contributed by atoms with van der Waals surface area (Å²) in [6.45, 7) is 4.49. The van der Waals surface area contributed by atoms with Crippen LogP contribution in [0, 0.1) is 5.92 Å². The van der Waals surface area contributed by atoms with Crippen molar-refractivity contribution in [1.29, 1.82) is 0 Å². The first kappa shape index (κ1) is 29.4. The van der Waals surface area contributed by atoms with Gasteiger partial charge in [-0.2, -0.15) is 0 Å². The van der Waals surface area contributed by atoms with Crippen LogP contribution in [0.3, 0.4) is 0 Å². The fourth-order valence-corrected chi connectivity index (χ4v) is 4.46. The minimum atomic E-state index is -0.501. The third kappa shape index (κ3) is 15.8. The van der Waals surface area contributed by atoms with E-state index in [0.717, 1.165) is 31.4 Å². The fraction of sp³-hybridized carbons (Fsp3) is 0.733. The molecule has 0 bridgehead atoms. The maximum absolute atomic E-state index is 13.0. The Morgan fingerprint density at radius 1 is 0.636 bits per heavy atom. The lowest BCUT2D eigenvalue weighted by Gasteiger charge is -2.16. The Labute approximate surface area is 204 Å². The van der Waals surface area contributed by atoms with Crippen molar-refractivity contribution in [2.24, 2.45) is 5.92 Å². The molecule has 1 aromatic rings. The molecule has 0 fully saturated rings. The molecule has 3 heteroatoms. The number of carbonyl (C=O) groups excluding carboxylic acids is 2. The number of nitrogens with one attached hydrogen (secondary N) is 1. The molecule has 0 saturated carbocycles. The molecular formula is C30H51NO2. The normalized spacial score (nSPS) is 11.9. The van der Waals surface area contributed by atoms with Gasteiger partial charge in [0.15, 0.2) is 0 Å². The van der Waals surface area contributed by atoms with E-state index >= 15 is 0 Å². The Morgan fingerprint density at radius 2 is 1.09 bits per heavy atom. The lowest BCUT2D eigenvalue weighted by atomic mass is 9.92. The summed E-state index contributed by atoms with van der Waals surface area (Å²) >= 11 is 0. The van der Waals surface area contributed by atoms with Gasteiger partial charge < -0.3 is 5.32 Å². The van der Waals surface area contributed by atoms with Crippen LogP contribution < -0.4 is 5.32 Å². The van der Waals surface area contributed by atoms with Gasteiger partial charge in [0.2, 0.25) is 5.91 Å².